The third kappa shape index (κ3) is 7.12. The van der Waals surface area contributed by atoms with Crippen LogP contribution in [0.25, 0.3) is 10.4 Å². The molecule has 1 aliphatic heterocycles. The lowest BCUT2D eigenvalue weighted by molar-refractivity contribution is -0.149. The van der Waals surface area contributed by atoms with Gasteiger partial charge in [-0.1, -0.05) is 5.11 Å². The lowest BCUT2D eigenvalue weighted by Crippen LogP contribution is -2.45. The van der Waals surface area contributed by atoms with Gasteiger partial charge in [0.05, 0.1) is 18.8 Å². The predicted molar refractivity (Wildman–Crippen MR) is 135 cm³/mol. The number of nitrogens with one attached hydrogen (secondary N) is 1. The Kier molecular flexibility index (Phi) is 9.33. The van der Waals surface area contributed by atoms with Gasteiger partial charge in [-0.25, -0.2) is 13.8 Å². The number of anilines is 1. The van der Waals surface area contributed by atoms with E-state index in [4.69, 9.17) is 29.8 Å². The number of nitrogen functional groups attached to an aromatic ring is 1. The van der Waals surface area contributed by atoms with Gasteiger partial charge >= 0.3 is 19.4 Å². The Morgan fingerprint density at radius 2 is 2.05 bits per heavy atom. The Bertz CT molecular complexity index is 1340. The number of aliphatic hydroxyl groups is 1. The van der Waals surface area contributed by atoms with Gasteiger partial charge in [-0.2, -0.15) is 10.1 Å². The largest absolute Gasteiger partial charge is 0.462 e. The summed E-state index contributed by atoms with van der Waals surface area (Å²) in [6.45, 7) is 5.36. The zero-order valence-electron chi connectivity index (χ0n) is 21.5. The highest BCUT2D eigenvalue weighted by Crippen LogP contribution is 2.47. The molecule has 4 N–H and O–H groups in total. The standard InChI is InChI=1S/C22H29FN7O8P/c1-12(2)36-19(32)13(3)27-39(34,38-15-7-5-14(23)6-8-15)35-11-16-18(31)22(4,28-29-25)20(37-16)30-10-9-17(24)26-21(30)33/h5-10,12-13,16,18,20,31H,11H2,1-4H3,(H,27,34)(H2,24,26,33)/t13-,16+,18+,20?,22+,39?/m0/s1. The van der Waals surface area contributed by atoms with Crippen LogP contribution >= 0.6 is 7.75 Å². The van der Waals surface area contributed by atoms with Gasteiger partial charge in [0.1, 0.15) is 35.1 Å². The molecule has 1 fully saturated rings. The number of hydrogen-bond donors (Lipinski definition) is 3. The summed E-state index contributed by atoms with van der Waals surface area (Å²) in [7, 11) is -4.42. The van der Waals surface area contributed by atoms with E-state index in [-0.39, 0.29) is 11.6 Å². The first-order valence-corrected chi connectivity index (χ1v) is 13.2. The van der Waals surface area contributed by atoms with Crippen LogP contribution in [0.3, 0.4) is 0 Å². The zero-order valence-corrected chi connectivity index (χ0v) is 22.4. The molecule has 3 rings (SSSR count). The van der Waals surface area contributed by atoms with Crippen molar-refractivity contribution in [3.8, 4) is 5.75 Å². The van der Waals surface area contributed by atoms with Crippen LogP contribution in [0.1, 0.15) is 33.9 Å². The lowest BCUT2D eigenvalue weighted by Gasteiger charge is -2.28. The van der Waals surface area contributed by atoms with Crippen molar-refractivity contribution in [3.63, 3.8) is 0 Å². The maximum atomic E-state index is 13.7. The van der Waals surface area contributed by atoms with E-state index in [2.05, 4.69) is 20.1 Å². The third-order valence-corrected chi connectivity index (χ3v) is 7.27. The second-order valence-corrected chi connectivity index (χ2v) is 10.8. The van der Waals surface area contributed by atoms with Crippen molar-refractivity contribution in [3.05, 3.63) is 63.3 Å². The van der Waals surface area contributed by atoms with E-state index in [9.17, 15) is 23.7 Å². The summed E-state index contributed by atoms with van der Waals surface area (Å²) < 4.78 is 50.0. The number of nitrogens with zero attached hydrogens (tertiary/aromatic N) is 5. The number of carbonyl (C=O) groups excluding carboxylic acids is 1. The van der Waals surface area contributed by atoms with Crippen molar-refractivity contribution < 1.29 is 37.4 Å². The van der Waals surface area contributed by atoms with E-state index in [1.54, 1.807) is 13.8 Å². The topological polar surface area (TPSA) is 213 Å². The first kappa shape index (κ1) is 30.0. The molecule has 0 amide bonds. The minimum absolute atomic E-state index is 0.0548. The van der Waals surface area contributed by atoms with Gasteiger partial charge in [-0.05, 0) is 63.6 Å². The summed E-state index contributed by atoms with van der Waals surface area (Å²) >= 11 is 0. The van der Waals surface area contributed by atoms with Crippen LogP contribution in [0.2, 0.25) is 0 Å². The van der Waals surface area contributed by atoms with E-state index in [1.807, 2.05) is 0 Å². The minimum atomic E-state index is -4.42. The van der Waals surface area contributed by atoms with E-state index >= 15 is 0 Å². The monoisotopic (exact) mass is 569 g/mol. The Balaban J connectivity index is 1.87. The molecule has 1 saturated heterocycles. The van der Waals surface area contributed by atoms with Crippen LogP contribution in [0.15, 0.2) is 46.4 Å². The van der Waals surface area contributed by atoms with Crippen LogP contribution in [0.4, 0.5) is 10.2 Å². The van der Waals surface area contributed by atoms with Crippen LogP contribution in [0.5, 0.6) is 5.75 Å². The quantitative estimate of drug-likeness (QED) is 0.117. The normalized spacial score (nSPS) is 24.9. The predicted octanol–water partition coefficient (Wildman–Crippen LogP) is 2.43. The van der Waals surface area contributed by atoms with Crippen molar-refractivity contribution in [2.24, 2.45) is 5.11 Å². The molecule has 6 atom stereocenters. The summed E-state index contributed by atoms with van der Waals surface area (Å²) in [5.74, 6) is -1.44. The molecule has 1 aliphatic rings. The number of aromatic nitrogens is 2. The number of benzene rings is 1. The summed E-state index contributed by atoms with van der Waals surface area (Å²) in [6.07, 6.45) is -3.42. The molecule has 0 bridgehead atoms. The number of esters is 1. The molecule has 1 aromatic heterocycles. The molecule has 1 aromatic carbocycles. The molecule has 39 heavy (non-hydrogen) atoms. The number of aliphatic hydroxyl groups excluding tert-OH is 1. The fourth-order valence-electron chi connectivity index (χ4n) is 3.71. The van der Waals surface area contributed by atoms with Gasteiger partial charge in [-0.3, -0.25) is 13.9 Å². The van der Waals surface area contributed by atoms with Crippen molar-refractivity contribution in [1.29, 1.82) is 0 Å². The average Bonchev–Trinajstić information content (AvgIpc) is 3.09. The number of halogens is 1. The van der Waals surface area contributed by atoms with E-state index in [1.165, 1.54) is 38.2 Å². The Morgan fingerprint density at radius 3 is 2.64 bits per heavy atom. The Morgan fingerprint density at radius 1 is 1.38 bits per heavy atom. The van der Waals surface area contributed by atoms with Gasteiger partial charge in [-0.15, -0.1) is 0 Å². The molecule has 2 heterocycles. The molecule has 15 nitrogen and oxygen atoms in total. The highest BCUT2D eigenvalue weighted by atomic mass is 31.2. The number of hydrogen-bond acceptors (Lipinski definition) is 11. The fraction of sp³-hybridized carbons (Fsp3) is 0.500. The highest BCUT2D eigenvalue weighted by molar-refractivity contribution is 7.52. The van der Waals surface area contributed by atoms with Crippen molar-refractivity contribution in [2.45, 2.75) is 63.8 Å². The van der Waals surface area contributed by atoms with Gasteiger partial charge in [0.2, 0.25) is 0 Å². The summed E-state index contributed by atoms with van der Waals surface area (Å²) in [6, 6.07) is 4.65. The van der Waals surface area contributed by atoms with Gasteiger partial charge in [0.15, 0.2) is 6.23 Å². The summed E-state index contributed by atoms with van der Waals surface area (Å²) in [5.41, 5.74) is 12.1. The molecular weight excluding hydrogens is 540 g/mol. The van der Waals surface area contributed by atoms with Crippen molar-refractivity contribution in [1.82, 2.24) is 14.6 Å². The molecule has 2 aromatic rings. The smallest absolute Gasteiger partial charge is 0.459 e. The van der Waals surface area contributed by atoms with Crippen LogP contribution in [-0.2, 0) is 23.4 Å². The number of ether oxygens (including phenoxy) is 2. The maximum absolute atomic E-state index is 13.7. The first-order valence-electron chi connectivity index (χ1n) is 11.7. The molecule has 0 spiro atoms. The fourth-order valence-corrected chi connectivity index (χ4v) is 5.21. The Hall–Kier alpha value is -3.52. The van der Waals surface area contributed by atoms with Crippen molar-refractivity contribution in [2.75, 3.05) is 12.3 Å². The third-order valence-electron chi connectivity index (χ3n) is 5.62. The molecule has 2 unspecified atom stereocenters. The summed E-state index contributed by atoms with van der Waals surface area (Å²) in [5, 5.41) is 17.1. The number of nitrogens with two attached hydrogens (primary N) is 1. The van der Waals surface area contributed by atoms with Crippen LogP contribution < -0.4 is 21.0 Å². The summed E-state index contributed by atoms with van der Waals surface area (Å²) in [4.78, 5) is 31.1. The van der Waals surface area contributed by atoms with E-state index in [0.717, 1.165) is 16.7 Å². The maximum Gasteiger partial charge on any atom is 0.459 e. The van der Waals surface area contributed by atoms with Gasteiger partial charge in [0, 0.05) is 11.1 Å². The first-order chi connectivity index (χ1) is 18.3. The zero-order chi connectivity index (χ0) is 29.0. The van der Waals surface area contributed by atoms with Crippen LogP contribution in [0, 0.1) is 5.82 Å². The molecule has 0 radical (unpaired) electrons. The second-order valence-electron chi connectivity index (χ2n) is 9.10. The molecule has 17 heteroatoms. The average molecular weight is 569 g/mol. The van der Waals surface area contributed by atoms with E-state index < -0.39 is 68.0 Å². The lowest BCUT2D eigenvalue weighted by atomic mass is 9.93. The molecule has 0 saturated carbocycles. The SMILES string of the molecule is CC(C)OC(=O)[C@H](C)NP(=O)(OC[C@H]1OC(n2ccc(N)nc2=O)[C@](C)(N=[N+]=[N-])[C@@H]1O)Oc1ccc(F)cc1. The second kappa shape index (κ2) is 12.1. The molecule has 212 valence electrons. The highest BCUT2D eigenvalue weighted by Gasteiger charge is 2.55. The van der Waals surface area contributed by atoms with Gasteiger partial charge in [0.25, 0.3) is 0 Å². The van der Waals surface area contributed by atoms with E-state index in [0.29, 0.717) is 0 Å². The van der Waals surface area contributed by atoms with Crippen molar-refractivity contribution >= 4 is 19.5 Å². The number of carbonyl (C=O) groups is 1. The number of azide groups is 1. The molecular formula is C22H29FN7O8P. The minimum Gasteiger partial charge on any atom is -0.462 e. The molecule has 0 aliphatic carbocycles. The van der Waals surface area contributed by atoms with Crippen LogP contribution in [-0.4, -0.2) is 57.1 Å². The Labute approximate surface area is 222 Å². The number of rotatable bonds is 11. The van der Waals surface area contributed by atoms with Gasteiger partial charge < -0.3 is 24.8 Å².